The van der Waals surface area contributed by atoms with Crippen molar-refractivity contribution in [1.82, 2.24) is 5.32 Å². The Morgan fingerprint density at radius 1 is 1.20 bits per heavy atom. The summed E-state index contributed by atoms with van der Waals surface area (Å²) >= 11 is 0. The number of hydrogen-bond donors (Lipinski definition) is 1. The van der Waals surface area contributed by atoms with Crippen LogP contribution in [0.4, 0.5) is 4.79 Å². The second-order valence-corrected chi connectivity index (χ2v) is 7.92. The lowest BCUT2D eigenvalue weighted by molar-refractivity contribution is 0.0523. The zero-order valence-corrected chi connectivity index (χ0v) is 13.2. The Morgan fingerprint density at radius 3 is 2.15 bits per heavy atom. The van der Waals surface area contributed by atoms with Crippen LogP contribution in [0.15, 0.2) is 29.2 Å². The van der Waals surface area contributed by atoms with E-state index in [0.29, 0.717) is 0 Å². The van der Waals surface area contributed by atoms with Crippen molar-refractivity contribution in [2.75, 3.05) is 0 Å². The van der Waals surface area contributed by atoms with E-state index in [2.05, 4.69) is 5.32 Å². The fourth-order valence-corrected chi connectivity index (χ4v) is 2.66. The maximum atomic E-state index is 12.3. The number of carbonyl (C=O) groups excluding carboxylic acids is 1. The first-order valence-electron chi connectivity index (χ1n) is 6.32. The number of sulfone groups is 1. The van der Waals surface area contributed by atoms with E-state index in [9.17, 15) is 13.2 Å². The minimum Gasteiger partial charge on any atom is -0.444 e. The lowest BCUT2D eigenvalue weighted by Crippen LogP contribution is -2.41. The van der Waals surface area contributed by atoms with Crippen LogP contribution >= 0.6 is 0 Å². The first kappa shape index (κ1) is 16.5. The minimum atomic E-state index is -3.62. The summed E-state index contributed by atoms with van der Waals surface area (Å²) in [6.07, 6.45) is -0.749. The summed E-state index contributed by atoms with van der Waals surface area (Å²) in [7, 11) is -3.62. The first-order valence-corrected chi connectivity index (χ1v) is 7.87. The van der Waals surface area contributed by atoms with Gasteiger partial charge in [-0.3, -0.25) is 0 Å². The largest absolute Gasteiger partial charge is 0.444 e. The van der Waals surface area contributed by atoms with Gasteiger partial charge in [-0.2, -0.15) is 0 Å². The minimum absolute atomic E-state index is 0.173. The van der Waals surface area contributed by atoms with Crippen molar-refractivity contribution in [3.63, 3.8) is 0 Å². The van der Waals surface area contributed by atoms with Gasteiger partial charge in [0.15, 0.2) is 9.84 Å². The molecule has 0 aliphatic carbocycles. The topological polar surface area (TPSA) is 72.5 Å². The summed E-state index contributed by atoms with van der Waals surface area (Å²) in [5, 5.41) is 1.29. The number of ether oxygens (including phenoxy) is 1. The van der Waals surface area contributed by atoms with Gasteiger partial charge in [-0.05, 0) is 46.8 Å². The molecule has 0 fully saturated rings. The summed E-state index contributed by atoms with van der Waals surface area (Å²) < 4.78 is 29.6. The van der Waals surface area contributed by atoms with Crippen LogP contribution in [0.25, 0.3) is 0 Å². The number of alkyl carbamates (subject to hydrolysis) is 1. The van der Waals surface area contributed by atoms with Crippen molar-refractivity contribution < 1.29 is 17.9 Å². The van der Waals surface area contributed by atoms with Crippen molar-refractivity contribution in [2.45, 2.75) is 50.5 Å². The van der Waals surface area contributed by atoms with Crippen molar-refractivity contribution in [3.05, 3.63) is 29.8 Å². The molecule has 1 atom stereocenters. The van der Waals surface area contributed by atoms with E-state index in [0.717, 1.165) is 5.56 Å². The molecular weight excluding hydrogens is 278 g/mol. The Kier molecular flexibility index (Phi) is 4.81. The van der Waals surface area contributed by atoms with E-state index in [1.54, 1.807) is 32.9 Å². The third kappa shape index (κ3) is 4.52. The maximum Gasteiger partial charge on any atom is 0.408 e. The van der Waals surface area contributed by atoms with Gasteiger partial charge in [-0.15, -0.1) is 0 Å². The van der Waals surface area contributed by atoms with E-state index in [-0.39, 0.29) is 4.90 Å². The zero-order valence-electron chi connectivity index (χ0n) is 12.4. The van der Waals surface area contributed by atoms with Crippen LogP contribution in [0.2, 0.25) is 0 Å². The summed E-state index contributed by atoms with van der Waals surface area (Å²) in [5.41, 5.74) is 0.300. The van der Waals surface area contributed by atoms with Crippen molar-refractivity contribution in [1.29, 1.82) is 0 Å². The van der Waals surface area contributed by atoms with Crippen molar-refractivity contribution in [2.24, 2.45) is 0 Å². The Bertz CT molecular complexity index is 570. The van der Waals surface area contributed by atoms with E-state index >= 15 is 0 Å². The third-order valence-corrected chi connectivity index (χ3v) is 4.51. The first-order chi connectivity index (χ1) is 9.02. The molecule has 0 spiro atoms. The average molecular weight is 299 g/mol. The van der Waals surface area contributed by atoms with Gasteiger partial charge in [0.25, 0.3) is 0 Å². The number of carbonyl (C=O) groups is 1. The van der Waals surface area contributed by atoms with Gasteiger partial charge in [0.05, 0.1) is 4.90 Å². The van der Waals surface area contributed by atoms with Gasteiger partial charge in [0.2, 0.25) is 0 Å². The smallest absolute Gasteiger partial charge is 0.408 e. The average Bonchev–Trinajstić information content (AvgIpc) is 2.26. The monoisotopic (exact) mass is 299 g/mol. The molecule has 1 aromatic rings. The molecule has 6 heteroatoms. The van der Waals surface area contributed by atoms with Gasteiger partial charge in [-0.25, -0.2) is 13.2 Å². The van der Waals surface area contributed by atoms with Crippen LogP contribution in [0.3, 0.4) is 0 Å². The summed E-state index contributed by atoms with van der Waals surface area (Å²) in [4.78, 5) is 11.8. The van der Waals surface area contributed by atoms with E-state index in [4.69, 9.17) is 4.74 Å². The van der Waals surface area contributed by atoms with Gasteiger partial charge in [0, 0.05) is 0 Å². The van der Waals surface area contributed by atoms with Gasteiger partial charge >= 0.3 is 6.09 Å². The number of benzene rings is 1. The second-order valence-electron chi connectivity index (χ2n) is 5.65. The van der Waals surface area contributed by atoms with Crippen LogP contribution in [0.1, 0.15) is 33.3 Å². The molecule has 1 aromatic carbocycles. The Morgan fingerprint density at radius 2 is 1.70 bits per heavy atom. The van der Waals surface area contributed by atoms with Crippen LogP contribution in [0, 0.1) is 6.92 Å². The highest BCUT2D eigenvalue weighted by Gasteiger charge is 2.26. The lowest BCUT2D eigenvalue weighted by Gasteiger charge is -2.22. The predicted molar refractivity (Wildman–Crippen MR) is 77.2 cm³/mol. The van der Waals surface area contributed by atoms with Crippen LogP contribution < -0.4 is 5.32 Å². The van der Waals surface area contributed by atoms with E-state index < -0.39 is 26.9 Å². The fraction of sp³-hybridized carbons (Fsp3) is 0.500. The Balaban J connectivity index is 2.83. The number of hydrogen-bond acceptors (Lipinski definition) is 4. The molecule has 0 bridgehead atoms. The summed E-state index contributed by atoms with van der Waals surface area (Å²) in [5.74, 6) is 0. The molecule has 0 saturated carbocycles. The number of amides is 1. The molecular formula is C14H21NO4S. The molecule has 20 heavy (non-hydrogen) atoms. The fourth-order valence-electron chi connectivity index (χ4n) is 1.48. The van der Waals surface area contributed by atoms with E-state index in [1.165, 1.54) is 19.1 Å². The summed E-state index contributed by atoms with van der Waals surface area (Å²) in [6.45, 7) is 8.43. The highest BCUT2D eigenvalue weighted by atomic mass is 32.2. The molecule has 0 aliphatic rings. The quantitative estimate of drug-likeness (QED) is 0.931. The van der Waals surface area contributed by atoms with E-state index in [1.807, 2.05) is 6.92 Å². The van der Waals surface area contributed by atoms with Gasteiger partial charge < -0.3 is 10.1 Å². The van der Waals surface area contributed by atoms with Gasteiger partial charge in [-0.1, -0.05) is 17.7 Å². The molecule has 112 valence electrons. The van der Waals surface area contributed by atoms with Gasteiger partial charge in [0.1, 0.15) is 11.0 Å². The molecule has 0 saturated heterocycles. The molecule has 0 heterocycles. The van der Waals surface area contributed by atoms with Crippen molar-refractivity contribution in [3.8, 4) is 0 Å². The molecule has 1 unspecified atom stereocenters. The lowest BCUT2D eigenvalue weighted by atomic mass is 10.2. The number of aryl methyl sites for hydroxylation is 1. The highest BCUT2D eigenvalue weighted by molar-refractivity contribution is 7.92. The van der Waals surface area contributed by atoms with Crippen LogP contribution in [0.5, 0.6) is 0 Å². The highest BCUT2D eigenvalue weighted by Crippen LogP contribution is 2.16. The number of rotatable bonds is 3. The standard InChI is InChI=1S/C14H21NO4S/c1-10-6-8-12(9-7-10)20(17,18)11(2)15-13(16)19-14(3,4)5/h6-9,11H,1-5H3,(H,15,16). The predicted octanol–water partition coefficient (Wildman–Crippen LogP) is 2.64. The third-order valence-electron chi connectivity index (χ3n) is 2.53. The van der Waals surface area contributed by atoms with Crippen LogP contribution in [-0.4, -0.2) is 25.5 Å². The molecule has 5 nitrogen and oxygen atoms in total. The SMILES string of the molecule is Cc1ccc(S(=O)(=O)C(C)NC(=O)OC(C)(C)C)cc1. The van der Waals surface area contributed by atoms with Crippen molar-refractivity contribution >= 4 is 15.9 Å². The molecule has 0 aromatic heterocycles. The molecule has 1 N–H and O–H groups in total. The number of nitrogens with one attached hydrogen (secondary N) is 1. The second kappa shape index (κ2) is 5.83. The van der Waals surface area contributed by atoms with Crippen LogP contribution in [-0.2, 0) is 14.6 Å². The molecule has 1 rings (SSSR count). The molecule has 0 aliphatic heterocycles. The normalized spacial score (nSPS) is 13.7. The molecule has 1 amide bonds. The molecule has 0 radical (unpaired) electrons. The Labute approximate surface area is 120 Å². The zero-order chi connectivity index (χ0) is 15.6. The maximum absolute atomic E-state index is 12.3. The Hall–Kier alpha value is -1.56. The summed E-state index contributed by atoms with van der Waals surface area (Å²) in [6, 6.07) is 6.48.